The zero-order chi connectivity index (χ0) is 23.5. The smallest absolute Gasteiger partial charge is 0.270 e. The van der Waals surface area contributed by atoms with Crippen LogP contribution in [0.5, 0.6) is 11.5 Å². The Hall–Kier alpha value is -4.12. The molecule has 0 atom stereocenters. The van der Waals surface area contributed by atoms with Crippen molar-refractivity contribution in [2.75, 3.05) is 10.1 Å². The maximum atomic E-state index is 13.1. The van der Waals surface area contributed by atoms with E-state index in [4.69, 9.17) is 0 Å². The van der Waals surface area contributed by atoms with Crippen LogP contribution < -0.4 is 10.1 Å². The molecule has 166 valence electrons. The van der Waals surface area contributed by atoms with Crippen molar-refractivity contribution in [2.24, 2.45) is 5.10 Å². The zero-order valence-electron chi connectivity index (χ0n) is 17.1. The number of anilines is 2. The van der Waals surface area contributed by atoms with Crippen LogP contribution >= 0.6 is 0 Å². The van der Waals surface area contributed by atoms with Gasteiger partial charge in [-0.3, -0.25) is 20.3 Å². The number of nitrogens with zero attached hydrogens (tertiary/aromatic N) is 2. The first-order valence-corrected chi connectivity index (χ1v) is 10.7. The summed E-state index contributed by atoms with van der Waals surface area (Å²) in [4.78, 5) is 10.1. The van der Waals surface area contributed by atoms with Gasteiger partial charge in [-0.25, -0.2) is 8.42 Å². The maximum Gasteiger partial charge on any atom is 0.270 e. The van der Waals surface area contributed by atoms with E-state index in [0.29, 0.717) is 16.8 Å². The number of nitro groups is 1. The number of phenolic OH excluding ortho intramolecular Hbond substituents is 2. The molecule has 0 aliphatic heterocycles. The predicted octanol–water partition coefficient (Wildman–Crippen LogP) is 3.87. The maximum absolute atomic E-state index is 13.1. The highest BCUT2D eigenvalue weighted by atomic mass is 32.2. The van der Waals surface area contributed by atoms with Crippen molar-refractivity contribution in [3.63, 3.8) is 0 Å². The van der Waals surface area contributed by atoms with Gasteiger partial charge >= 0.3 is 0 Å². The Morgan fingerprint density at radius 2 is 1.69 bits per heavy atom. The number of hydrogen-bond donors (Lipinski definition) is 4. The Bertz CT molecular complexity index is 1320. The van der Waals surface area contributed by atoms with E-state index in [1.54, 1.807) is 19.1 Å². The third kappa shape index (κ3) is 5.13. The molecule has 0 radical (unpaired) electrons. The quantitative estimate of drug-likeness (QED) is 0.182. The number of aromatic hydroxyl groups is 2. The van der Waals surface area contributed by atoms with Gasteiger partial charge in [-0.05, 0) is 55.3 Å². The second-order valence-corrected chi connectivity index (χ2v) is 8.63. The van der Waals surface area contributed by atoms with Crippen molar-refractivity contribution in [3.05, 3.63) is 81.4 Å². The van der Waals surface area contributed by atoms with Gasteiger partial charge in [0.05, 0.1) is 22.5 Å². The highest BCUT2D eigenvalue weighted by Gasteiger charge is 2.23. The number of sulfonamides is 1. The molecule has 32 heavy (non-hydrogen) atoms. The lowest BCUT2D eigenvalue weighted by Crippen LogP contribution is -2.16. The summed E-state index contributed by atoms with van der Waals surface area (Å²) in [5, 5.41) is 34.0. The summed E-state index contributed by atoms with van der Waals surface area (Å²) in [6, 6.07) is 12.5. The van der Waals surface area contributed by atoms with E-state index in [9.17, 15) is 28.7 Å². The number of hydrogen-bond acceptors (Lipinski definition) is 8. The molecule has 0 bridgehead atoms. The van der Waals surface area contributed by atoms with Crippen LogP contribution in [0.2, 0.25) is 0 Å². The first-order valence-electron chi connectivity index (χ1n) is 9.26. The molecular weight excluding hydrogens is 436 g/mol. The first-order chi connectivity index (χ1) is 15.1. The molecule has 3 aromatic carbocycles. The molecule has 0 aliphatic rings. The molecule has 0 fully saturated rings. The van der Waals surface area contributed by atoms with Crippen molar-refractivity contribution >= 4 is 33.3 Å². The summed E-state index contributed by atoms with van der Waals surface area (Å²) < 4.78 is 28.6. The number of nitro benzene ring substituents is 1. The third-order valence-electron chi connectivity index (χ3n) is 4.49. The Morgan fingerprint density at radius 3 is 2.34 bits per heavy atom. The second kappa shape index (κ2) is 8.94. The van der Waals surface area contributed by atoms with Crippen LogP contribution in [0.1, 0.15) is 16.7 Å². The fraction of sp³-hybridized carbons (Fsp3) is 0.0952. The molecule has 0 amide bonds. The molecule has 4 N–H and O–H groups in total. The molecule has 10 nitrogen and oxygen atoms in total. The van der Waals surface area contributed by atoms with Gasteiger partial charge in [0, 0.05) is 12.1 Å². The average Bonchev–Trinajstić information content (AvgIpc) is 2.72. The minimum atomic E-state index is -4.21. The monoisotopic (exact) mass is 456 g/mol. The molecule has 0 aliphatic carbocycles. The van der Waals surface area contributed by atoms with Crippen LogP contribution in [-0.2, 0) is 10.0 Å². The molecule has 0 unspecified atom stereocenters. The fourth-order valence-corrected chi connectivity index (χ4v) is 4.17. The molecule has 3 aromatic rings. The lowest BCUT2D eigenvalue weighted by Gasteiger charge is -2.14. The summed E-state index contributed by atoms with van der Waals surface area (Å²) in [5.41, 5.74) is 4.59. The number of rotatable bonds is 7. The van der Waals surface area contributed by atoms with Crippen LogP contribution in [0, 0.1) is 24.0 Å². The van der Waals surface area contributed by atoms with E-state index >= 15 is 0 Å². The molecule has 11 heteroatoms. The minimum Gasteiger partial charge on any atom is -0.504 e. The molecule has 0 aromatic heterocycles. The fourth-order valence-electron chi connectivity index (χ4n) is 2.86. The summed E-state index contributed by atoms with van der Waals surface area (Å²) >= 11 is 0. The SMILES string of the molecule is Cc1ccc(NS(=O)(=O)c2cc([N+](=O)[O-])ccc2N/N=C/c2ccc(O)c(O)c2)c(C)c1. The Balaban J connectivity index is 1.95. The van der Waals surface area contributed by atoms with E-state index in [1.165, 1.54) is 30.5 Å². The van der Waals surface area contributed by atoms with Gasteiger partial charge in [0.25, 0.3) is 15.7 Å². The Kier molecular flexibility index (Phi) is 6.30. The Labute approximate surface area is 184 Å². The van der Waals surface area contributed by atoms with Crippen LogP contribution in [0.3, 0.4) is 0 Å². The largest absolute Gasteiger partial charge is 0.504 e. The number of nitrogens with one attached hydrogen (secondary N) is 2. The van der Waals surface area contributed by atoms with E-state index in [-0.39, 0.29) is 22.1 Å². The molecular formula is C21H20N4O6S. The standard InChI is InChI=1S/C21H20N4O6S/c1-13-3-6-17(14(2)9-13)24-32(30,31)21-11-16(25(28)29)5-7-18(21)23-22-12-15-4-8-19(26)20(27)10-15/h3-12,23-24,26-27H,1-2H3/b22-12+. The summed E-state index contributed by atoms with van der Waals surface area (Å²) in [6.45, 7) is 3.62. The van der Waals surface area contributed by atoms with Gasteiger partial charge in [-0.2, -0.15) is 5.10 Å². The minimum absolute atomic E-state index is 0.00659. The summed E-state index contributed by atoms with van der Waals surface area (Å²) in [6.07, 6.45) is 1.29. The van der Waals surface area contributed by atoms with Crippen LogP contribution in [0.25, 0.3) is 0 Å². The van der Waals surface area contributed by atoms with Crippen molar-refractivity contribution in [1.82, 2.24) is 0 Å². The molecule has 0 saturated heterocycles. The van der Waals surface area contributed by atoms with Crippen molar-refractivity contribution < 1.29 is 23.6 Å². The highest BCUT2D eigenvalue weighted by Crippen LogP contribution is 2.29. The van der Waals surface area contributed by atoms with Gasteiger partial charge in [0.2, 0.25) is 0 Å². The van der Waals surface area contributed by atoms with Crippen molar-refractivity contribution in [2.45, 2.75) is 18.7 Å². The number of aryl methyl sites for hydroxylation is 2. The summed E-state index contributed by atoms with van der Waals surface area (Å²) in [7, 11) is -4.21. The van der Waals surface area contributed by atoms with E-state index in [2.05, 4.69) is 15.2 Å². The zero-order valence-corrected chi connectivity index (χ0v) is 17.9. The molecule has 0 saturated carbocycles. The van der Waals surface area contributed by atoms with Crippen LogP contribution in [-0.4, -0.2) is 29.8 Å². The van der Waals surface area contributed by atoms with Gasteiger partial charge in [-0.1, -0.05) is 17.7 Å². The van der Waals surface area contributed by atoms with E-state index in [1.807, 2.05) is 13.0 Å². The van der Waals surface area contributed by atoms with Crippen LogP contribution in [0.4, 0.5) is 17.1 Å². The number of phenols is 2. The lowest BCUT2D eigenvalue weighted by atomic mass is 10.1. The Morgan fingerprint density at radius 1 is 0.969 bits per heavy atom. The molecule has 0 spiro atoms. The van der Waals surface area contributed by atoms with Crippen molar-refractivity contribution in [3.8, 4) is 11.5 Å². The normalized spacial score (nSPS) is 11.4. The first kappa shape index (κ1) is 22.6. The van der Waals surface area contributed by atoms with E-state index in [0.717, 1.165) is 17.7 Å². The van der Waals surface area contributed by atoms with Gasteiger partial charge in [0.1, 0.15) is 4.90 Å². The average molecular weight is 456 g/mol. The number of hydrazone groups is 1. The lowest BCUT2D eigenvalue weighted by molar-refractivity contribution is -0.385. The molecule has 3 rings (SSSR count). The third-order valence-corrected chi connectivity index (χ3v) is 5.90. The van der Waals surface area contributed by atoms with Crippen LogP contribution in [0.15, 0.2) is 64.6 Å². The van der Waals surface area contributed by atoms with Gasteiger partial charge < -0.3 is 10.2 Å². The van der Waals surface area contributed by atoms with Gasteiger partial charge in [0.15, 0.2) is 11.5 Å². The summed E-state index contributed by atoms with van der Waals surface area (Å²) in [5.74, 6) is -0.637. The van der Waals surface area contributed by atoms with E-state index < -0.39 is 20.6 Å². The molecule has 0 heterocycles. The number of non-ortho nitro benzene ring substituents is 1. The van der Waals surface area contributed by atoms with Gasteiger partial charge in [-0.15, -0.1) is 0 Å². The number of benzene rings is 3. The highest BCUT2D eigenvalue weighted by molar-refractivity contribution is 7.92. The topological polar surface area (TPSA) is 154 Å². The second-order valence-electron chi connectivity index (χ2n) is 6.98. The predicted molar refractivity (Wildman–Crippen MR) is 121 cm³/mol. The van der Waals surface area contributed by atoms with Crippen molar-refractivity contribution in [1.29, 1.82) is 0 Å².